The number of Topliss-reactive ketones (excluding diaryl/α,β-unsaturated/α-hetero) is 1. The Morgan fingerprint density at radius 2 is 1.84 bits per heavy atom. The lowest BCUT2D eigenvalue weighted by Crippen LogP contribution is -2.15. The van der Waals surface area contributed by atoms with Crippen molar-refractivity contribution >= 4 is 17.2 Å². The maximum Gasteiger partial charge on any atom is 0.181 e. The van der Waals surface area contributed by atoms with Crippen LogP contribution in [0.25, 0.3) is 0 Å². The van der Waals surface area contributed by atoms with Crippen molar-refractivity contribution in [3.05, 3.63) is 59.7 Å². The maximum atomic E-state index is 13.3. The van der Waals surface area contributed by atoms with Gasteiger partial charge in [-0.15, -0.1) is 0 Å². The number of nitrogens with two attached hydrogens (primary N) is 1. The molecule has 0 radical (unpaired) electrons. The molecule has 0 saturated heterocycles. The molecule has 0 aliphatic rings. The lowest BCUT2D eigenvalue weighted by atomic mass is 10.1. The van der Waals surface area contributed by atoms with E-state index in [1.54, 1.807) is 12.1 Å². The topological polar surface area (TPSA) is 55.1 Å². The van der Waals surface area contributed by atoms with Crippen molar-refractivity contribution in [2.75, 3.05) is 17.6 Å². The molecule has 0 aliphatic carbocycles. The van der Waals surface area contributed by atoms with Gasteiger partial charge in [0.05, 0.1) is 17.9 Å². The third kappa shape index (κ3) is 3.07. The molecule has 0 spiro atoms. The van der Waals surface area contributed by atoms with Gasteiger partial charge in [0, 0.05) is 5.56 Å². The van der Waals surface area contributed by atoms with E-state index < -0.39 is 11.6 Å². The first-order chi connectivity index (χ1) is 9.08. The van der Waals surface area contributed by atoms with Gasteiger partial charge in [-0.05, 0) is 30.3 Å². The van der Waals surface area contributed by atoms with Gasteiger partial charge in [-0.25, -0.2) is 8.78 Å². The van der Waals surface area contributed by atoms with Crippen LogP contribution in [0.4, 0.5) is 20.2 Å². The number of ketones is 1. The van der Waals surface area contributed by atoms with Crippen molar-refractivity contribution in [3.8, 4) is 0 Å². The SMILES string of the molecule is Nc1cc(C(=O)CNc2ccccc2F)ccc1F. The van der Waals surface area contributed by atoms with Gasteiger partial charge in [-0.2, -0.15) is 0 Å². The van der Waals surface area contributed by atoms with Gasteiger partial charge in [0.15, 0.2) is 5.78 Å². The molecule has 2 rings (SSSR count). The summed E-state index contributed by atoms with van der Waals surface area (Å²) in [4.78, 5) is 11.8. The molecule has 19 heavy (non-hydrogen) atoms. The summed E-state index contributed by atoms with van der Waals surface area (Å²) in [6.45, 7) is -0.0913. The van der Waals surface area contributed by atoms with E-state index in [9.17, 15) is 13.6 Å². The Balaban J connectivity index is 2.05. The van der Waals surface area contributed by atoms with Crippen LogP contribution in [-0.4, -0.2) is 12.3 Å². The summed E-state index contributed by atoms with van der Waals surface area (Å²) < 4.78 is 26.3. The normalized spacial score (nSPS) is 10.2. The first-order valence-corrected chi connectivity index (χ1v) is 5.64. The molecule has 5 heteroatoms. The number of anilines is 2. The molecule has 0 bridgehead atoms. The van der Waals surface area contributed by atoms with Crippen molar-refractivity contribution in [1.29, 1.82) is 0 Å². The van der Waals surface area contributed by atoms with Crippen LogP contribution in [0.5, 0.6) is 0 Å². The van der Waals surface area contributed by atoms with E-state index in [0.29, 0.717) is 0 Å². The number of halogens is 2. The lowest BCUT2D eigenvalue weighted by Gasteiger charge is -2.07. The summed E-state index contributed by atoms with van der Waals surface area (Å²) >= 11 is 0. The van der Waals surface area contributed by atoms with Crippen LogP contribution in [0.3, 0.4) is 0 Å². The number of rotatable bonds is 4. The van der Waals surface area contributed by atoms with Gasteiger partial charge in [0.2, 0.25) is 0 Å². The molecule has 0 aromatic heterocycles. The fourth-order valence-electron chi connectivity index (χ4n) is 1.60. The number of carbonyl (C=O) groups is 1. The molecule has 0 fully saturated rings. The zero-order chi connectivity index (χ0) is 13.8. The summed E-state index contributed by atoms with van der Waals surface area (Å²) in [7, 11) is 0. The Labute approximate surface area is 109 Å². The molecule has 3 N–H and O–H groups in total. The smallest absolute Gasteiger partial charge is 0.181 e. The molecule has 0 saturated carbocycles. The summed E-state index contributed by atoms with van der Waals surface area (Å²) in [5.74, 6) is -1.30. The average Bonchev–Trinajstić information content (AvgIpc) is 2.40. The molecule has 0 amide bonds. The van der Waals surface area contributed by atoms with Gasteiger partial charge in [-0.1, -0.05) is 12.1 Å². The number of carbonyl (C=O) groups excluding carboxylic acids is 1. The van der Waals surface area contributed by atoms with Crippen LogP contribution >= 0.6 is 0 Å². The largest absolute Gasteiger partial charge is 0.396 e. The molecule has 0 unspecified atom stereocenters. The minimum atomic E-state index is -0.571. The third-order valence-electron chi connectivity index (χ3n) is 2.63. The highest BCUT2D eigenvalue weighted by Gasteiger charge is 2.09. The highest BCUT2D eigenvalue weighted by Crippen LogP contribution is 2.15. The second kappa shape index (κ2) is 5.48. The Hall–Kier alpha value is -2.43. The second-order valence-corrected chi connectivity index (χ2v) is 3.99. The molecular formula is C14H12F2N2O. The number of nitrogen functional groups attached to an aromatic ring is 1. The highest BCUT2D eigenvalue weighted by atomic mass is 19.1. The summed E-state index contributed by atoms with van der Waals surface area (Å²) in [6.07, 6.45) is 0. The van der Waals surface area contributed by atoms with E-state index >= 15 is 0 Å². The quantitative estimate of drug-likeness (QED) is 0.658. The van der Waals surface area contributed by atoms with Crippen LogP contribution in [0.15, 0.2) is 42.5 Å². The van der Waals surface area contributed by atoms with Crippen LogP contribution < -0.4 is 11.1 Å². The highest BCUT2D eigenvalue weighted by molar-refractivity contribution is 5.99. The number of hydrogen-bond acceptors (Lipinski definition) is 3. The first kappa shape index (κ1) is 13.0. The van der Waals surface area contributed by atoms with Crippen molar-refractivity contribution in [2.45, 2.75) is 0 Å². The van der Waals surface area contributed by atoms with Gasteiger partial charge in [0.25, 0.3) is 0 Å². The fourth-order valence-corrected chi connectivity index (χ4v) is 1.60. The molecular weight excluding hydrogens is 250 g/mol. The Morgan fingerprint density at radius 3 is 2.53 bits per heavy atom. The summed E-state index contributed by atoms with van der Waals surface area (Å²) in [5, 5.41) is 2.69. The fraction of sp³-hybridized carbons (Fsp3) is 0.0714. The zero-order valence-electron chi connectivity index (χ0n) is 9.99. The van der Waals surface area contributed by atoms with E-state index in [0.717, 1.165) is 6.07 Å². The lowest BCUT2D eigenvalue weighted by molar-refractivity contribution is 0.101. The monoisotopic (exact) mass is 262 g/mol. The molecule has 2 aromatic rings. The Kier molecular flexibility index (Phi) is 3.75. The van der Waals surface area contributed by atoms with Gasteiger partial charge < -0.3 is 11.1 Å². The Morgan fingerprint density at radius 1 is 1.11 bits per heavy atom. The predicted octanol–water partition coefficient (Wildman–Crippen LogP) is 2.84. The maximum absolute atomic E-state index is 13.3. The standard InChI is InChI=1S/C14H12F2N2O/c15-10-6-5-9(7-12(10)17)14(19)8-18-13-4-2-1-3-11(13)16/h1-7,18H,8,17H2. The molecule has 0 atom stereocenters. The predicted molar refractivity (Wildman–Crippen MR) is 70.0 cm³/mol. The zero-order valence-corrected chi connectivity index (χ0v) is 9.99. The van der Waals surface area contributed by atoms with E-state index in [2.05, 4.69) is 5.32 Å². The third-order valence-corrected chi connectivity index (χ3v) is 2.63. The van der Waals surface area contributed by atoms with E-state index in [1.165, 1.54) is 24.3 Å². The minimum absolute atomic E-state index is 0.0864. The average molecular weight is 262 g/mol. The van der Waals surface area contributed by atoms with Crippen LogP contribution in [0.1, 0.15) is 10.4 Å². The molecule has 3 nitrogen and oxygen atoms in total. The van der Waals surface area contributed by atoms with E-state index in [1.807, 2.05) is 0 Å². The van der Waals surface area contributed by atoms with Crippen molar-refractivity contribution in [2.24, 2.45) is 0 Å². The molecule has 98 valence electrons. The van der Waals surface area contributed by atoms with Gasteiger partial charge >= 0.3 is 0 Å². The number of benzene rings is 2. The first-order valence-electron chi connectivity index (χ1n) is 5.64. The van der Waals surface area contributed by atoms with Crippen LogP contribution in [-0.2, 0) is 0 Å². The van der Waals surface area contributed by atoms with E-state index in [4.69, 9.17) is 5.73 Å². The van der Waals surface area contributed by atoms with E-state index in [-0.39, 0.29) is 29.3 Å². The number of nitrogens with one attached hydrogen (secondary N) is 1. The van der Waals surface area contributed by atoms with Crippen molar-refractivity contribution in [3.63, 3.8) is 0 Å². The number of hydrogen-bond donors (Lipinski definition) is 2. The van der Waals surface area contributed by atoms with Crippen LogP contribution in [0, 0.1) is 11.6 Å². The molecule has 2 aromatic carbocycles. The summed E-state index contributed by atoms with van der Waals surface area (Å²) in [6, 6.07) is 9.78. The van der Waals surface area contributed by atoms with Crippen LogP contribution in [0.2, 0.25) is 0 Å². The molecule has 0 heterocycles. The molecule has 0 aliphatic heterocycles. The number of para-hydroxylation sites is 1. The Bertz CT molecular complexity index is 614. The second-order valence-electron chi connectivity index (χ2n) is 3.99. The summed E-state index contributed by atoms with van der Waals surface area (Å²) in [5.41, 5.74) is 5.82. The minimum Gasteiger partial charge on any atom is -0.396 e. The van der Waals surface area contributed by atoms with Crippen molar-refractivity contribution < 1.29 is 13.6 Å². The van der Waals surface area contributed by atoms with Gasteiger partial charge in [0.1, 0.15) is 11.6 Å². The van der Waals surface area contributed by atoms with Gasteiger partial charge in [-0.3, -0.25) is 4.79 Å². The van der Waals surface area contributed by atoms with Crippen molar-refractivity contribution in [1.82, 2.24) is 0 Å².